The highest BCUT2D eigenvalue weighted by Gasteiger charge is 2.09. The van der Waals surface area contributed by atoms with E-state index in [1.807, 2.05) is 6.92 Å². The van der Waals surface area contributed by atoms with Crippen LogP contribution in [0.2, 0.25) is 0 Å². The summed E-state index contributed by atoms with van der Waals surface area (Å²) in [5.41, 5.74) is 6.31. The monoisotopic (exact) mass is 211 g/mol. The SMILES string of the molecule is COCC(C)Oc1cc(N)ccc1OC. The molecule has 84 valence electrons. The molecule has 4 nitrogen and oxygen atoms in total. The Balaban J connectivity index is 2.77. The van der Waals surface area contributed by atoms with Crippen molar-refractivity contribution >= 4 is 5.69 Å². The molecule has 1 aromatic rings. The van der Waals surface area contributed by atoms with E-state index in [9.17, 15) is 0 Å². The van der Waals surface area contributed by atoms with Crippen molar-refractivity contribution in [2.45, 2.75) is 13.0 Å². The molecule has 4 heteroatoms. The van der Waals surface area contributed by atoms with Crippen molar-refractivity contribution in [3.8, 4) is 11.5 Å². The molecule has 0 saturated heterocycles. The minimum absolute atomic E-state index is 0.0364. The molecule has 0 heterocycles. The van der Waals surface area contributed by atoms with Crippen LogP contribution in [0.5, 0.6) is 11.5 Å². The number of rotatable bonds is 5. The summed E-state index contributed by atoms with van der Waals surface area (Å²) in [6.45, 7) is 2.45. The van der Waals surface area contributed by atoms with E-state index >= 15 is 0 Å². The molecular weight excluding hydrogens is 194 g/mol. The standard InChI is InChI=1S/C11H17NO3/c1-8(7-13-2)15-11-6-9(12)4-5-10(11)14-3/h4-6,8H,7,12H2,1-3H3. The first-order chi connectivity index (χ1) is 7.17. The summed E-state index contributed by atoms with van der Waals surface area (Å²) < 4.78 is 15.8. The summed E-state index contributed by atoms with van der Waals surface area (Å²) in [7, 11) is 3.23. The van der Waals surface area contributed by atoms with E-state index in [0.717, 1.165) is 0 Å². The lowest BCUT2D eigenvalue weighted by Gasteiger charge is -2.16. The number of ether oxygens (including phenoxy) is 3. The van der Waals surface area contributed by atoms with Gasteiger partial charge in [-0.3, -0.25) is 0 Å². The van der Waals surface area contributed by atoms with Gasteiger partial charge in [0.2, 0.25) is 0 Å². The zero-order valence-corrected chi connectivity index (χ0v) is 9.32. The predicted octanol–water partition coefficient (Wildman–Crippen LogP) is 1.69. The molecule has 0 aliphatic carbocycles. The van der Waals surface area contributed by atoms with Crippen molar-refractivity contribution in [3.63, 3.8) is 0 Å². The summed E-state index contributed by atoms with van der Waals surface area (Å²) in [5.74, 6) is 1.31. The van der Waals surface area contributed by atoms with Gasteiger partial charge in [0.15, 0.2) is 11.5 Å². The average Bonchev–Trinajstić information content (AvgIpc) is 2.18. The van der Waals surface area contributed by atoms with E-state index in [0.29, 0.717) is 23.8 Å². The first-order valence-corrected chi connectivity index (χ1v) is 4.76. The highest BCUT2D eigenvalue weighted by atomic mass is 16.5. The third kappa shape index (κ3) is 3.32. The van der Waals surface area contributed by atoms with Crippen molar-refractivity contribution in [2.75, 3.05) is 26.6 Å². The lowest BCUT2D eigenvalue weighted by molar-refractivity contribution is 0.0900. The lowest BCUT2D eigenvalue weighted by atomic mass is 10.3. The molecule has 0 aliphatic rings. The molecule has 1 atom stereocenters. The fourth-order valence-corrected chi connectivity index (χ4v) is 1.27. The Labute approximate surface area is 89.9 Å². The summed E-state index contributed by atoms with van der Waals surface area (Å²) in [6, 6.07) is 5.29. The van der Waals surface area contributed by atoms with E-state index in [4.69, 9.17) is 19.9 Å². The second-order valence-corrected chi connectivity index (χ2v) is 3.29. The Kier molecular flexibility index (Phi) is 4.24. The maximum absolute atomic E-state index is 5.67. The molecule has 0 bridgehead atoms. The fourth-order valence-electron chi connectivity index (χ4n) is 1.27. The van der Waals surface area contributed by atoms with Gasteiger partial charge in [0.05, 0.1) is 13.7 Å². The molecule has 2 N–H and O–H groups in total. The van der Waals surface area contributed by atoms with Gasteiger partial charge in [-0.1, -0.05) is 0 Å². The Morgan fingerprint density at radius 2 is 2.00 bits per heavy atom. The molecule has 15 heavy (non-hydrogen) atoms. The maximum Gasteiger partial charge on any atom is 0.163 e. The van der Waals surface area contributed by atoms with Gasteiger partial charge in [-0.2, -0.15) is 0 Å². The molecule has 1 unspecified atom stereocenters. The molecule has 0 fully saturated rings. The van der Waals surface area contributed by atoms with Crippen molar-refractivity contribution in [2.24, 2.45) is 0 Å². The summed E-state index contributed by atoms with van der Waals surface area (Å²) in [5, 5.41) is 0. The molecule has 0 aliphatic heterocycles. The largest absolute Gasteiger partial charge is 0.493 e. The number of hydrogen-bond acceptors (Lipinski definition) is 4. The molecule has 0 spiro atoms. The van der Waals surface area contributed by atoms with Crippen LogP contribution in [0, 0.1) is 0 Å². The second kappa shape index (κ2) is 5.46. The van der Waals surface area contributed by atoms with Gasteiger partial charge in [-0.15, -0.1) is 0 Å². The van der Waals surface area contributed by atoms with Gasteiger partial charge >= 0.3 is 0 Å². The zero-order chi connectivity index (χ0) is 11.3. The Morgan fingerprint density at radius 3 is 2.60 bits per heavy atom. The summed E-state index contributed by atoms with van der Waals surface area (Å²) >= 11 is 0. The molecule has 1 rings (SSSR count). The molecule has 1 aromatic carbocycles. The van der Waals surface area contributed by atoms with Crippen LogP contribution in [0.3, 0.4) is 0 Å². The first-order valence-electron chi connectivity index (χ1n) is 4.76. The second-order valence-electron chi connectivity index (χ2n) is 3.29. The molecular formula is C11H17NO3. The van der Waals surface area contributed by atoms with Gasteiger partial charge in [-0.05, 0) is 19.1 Å². The molecule has 0 aromatic heterocycles. The van der Waals surface area contributed by atoms with E-state index in [1.165, 1.54) is 0 Å². The number of hydrogen-bond donors (Lipinski definition) is 1. The van der Waals surface area contributed by atoms with E-state index in [-0.39, 0.29) is 6.10 Å². The fraction of sp³-hybridized carbons (Fsp3) is 0.455. The van der Waals surface area contributed by atoms with Crippen LogP contribution in [0.1, 0.15) is 6.92 Å². The zero-order valence-electron chi connectivity index (χ0n) is 9.32. The van der Waals surface area contributed by atoms with E-state index in [1.54, 1.807) is 32.4 Å². The van der Waals surface area contributed by atoms with Crippen LogP contribution in [-0.2, 0) is 4.74 Å². The van der Waals surface area contributed by atoms with Gasteiger partial charge < -0.3 is 19.9 Å². The van der Waals surface area contributed by atoms with Gasteiger partial charge in [0.1, 0.15) is 6.10 Å². The van der Waals surface area contributed by atoms with Crippen molar-refractivity contribution in [1.29, 1.82) is 0 Å². The normalized spacial score (nSPS) is 12.2. The van der Waals surface area contributed by atoms with Gasteiger partial charge in [0.25, 0.3) is 0 Å². The number of nitrogens with two attached hydrogens (primary N) is 1. The van der Waals surface area contributed by atoms with Crippen molar-refractivity contribution in [1.82, 2.24) is 0 Å². The van der Waals surface area contributed by atoms with Crippen molar-refractivity contribution in [3.05, 3.63) is 18.2 Å². The number of nitrogen functional groups attached to an aromatic ring is 1. The van der Waals surface area contributed by atoms with Crippen LogP contribution >= 0.6 is 0 Å². The number of methoxy groups -OCH3 is 2. The minimum atomic E-state index is -0.0364. The summed E-state index contributed by atoms with van der Waals surface area (Å²) in [4.78, 5) is 0. The smallest absolute Gasteiger partial charge is 0.163 e. The third-order valence-electron chi connectivity index (χ3n) is 1.92. The Hall–Kier alpha value is -1.42. The minimum Gasteiger partial charge on any atom is -0.493 e. The third-order valence-corrected chi connectivity index (χ3v) is 1.92. The lowest BCUT2D eigenvalue weighted by Crippen LogP contribution is -2.18. The highest BCUT2D eigenvalue weighted by molar-refractivity contribution is 5.51. The van der Waals surface area contributed by atoms with Crippen LogP contribution in [0.15, 0.2) is 18.2 Å². The number of benzene rings is 1. The van der Waals surface area contributed by atoms with Gasteiger partial charge in [-0.25, -0.2) is 0 Å². The quantitative estimate of drug-likeness (QED) is 0.753. The molecule has 0 radical (unpaired) electrons. The Morgan fingerprint density at radius 1 is 1.27 bits per heavy atom. The van der Waals surface area contributed by atoms with E-state index < -0.39 is 0 Å². The molecule has 0 amide bonds. The Bertz CT molecular complexity index is 315. The van der Waals surface area contributed by atoms with Crippen LogP contribution in [0.4, 0.5) is 5.69 Å². The first kappa shape index (κ1) is 11.7. The van der Waals surface area contributed by atoms with Crippen LogP contribution < -0.4 is 15.2 Å². The highest BCUT2D eigenvalue weighted by Crippen LogP contribution is 2.29. The average molecular weight is 211 g/mol. The van der Waals surface area contributed by atoms with E-state index in [2.05, 4.69) is 0 Å². The topological polar surface area (TPSA) is 53.7 Å². The van der Waals surface area contributed by atoms with Crippen LogP contribution in [0.25, 0.3) is 0 Å². The maximum atomic E-state index is 5.67. The molecule has 0 saturated carbocycles. The van der Waals surface area contributed by atoms with Crippen molar-refractivity contribution < 1.29 is 14.2 Å². The predicted molar refractivity (Wildman–Crippen MR) is 59.4 cm³/mol. The van der Waals surface area contributed by atoms with Gasteiger partial charge in [0, 0.05) is 18.9 Å². The number of anilines is 1. The van der Waals surface area contributed by atoms with Crippen LogP contribution in [-0.4, -0.2) is 26.9 Å². The summed E-state index contributed by atoms with van der Waals surface area (Å²) in [6.07, 6.45) is -0.0364.